The molecule has 3 aromatic rings. The van der Waals surface area contributed by atoms with Crippen LogP contribution in [0, 0.1) is 30.6 Å². The lowest BCUT2D eigenvalue weighted by Crippen LogP contribution is -2.52. The summed E-state index contributed by atoms with van der Waals surface area (Å²) < 4.78 is 5.41. The van der Waals surface area contributed by atoms with Crippen molar-refractivity contribution in [3.63, 3.8) is 0 Å². The zero-order valence-electron chi connectivity index (χ0n) is 22.3. The number of ketones is 1. The fourth-order valence-electron chi connectivity index (χ4n) is 5.95. The highest BCUT2D eigenvalue weighted by Gasteiger charge is 2.61. The number of ether oxygens (including phenoxy) is 1. The van der Waals surface area contributed by atoms with Gasteiger partial charge in [0.25, 0.3) is 17.7 Å². The number of carbonyl (C=O) groups excluding carboxylic acids is 5. The van der Waals surface area contributed by atoms with Crippen LogP contribution in [0.4, 0.5) is 0 Å². The number of hydrogen-bond acceptors (Lipinski definition) is 6. The van der Waals surface area contributed by atoms with Gasteiger partial charge in [-0.25, -0.2) is 9.80 Å². The number of rotatable bonds is 7. The molecule has 2 fully saturated rings. The van der Waals surface area contributed by atoms with Gasteiger partial charge in [-0.2, -0.15) is 5.01 Å². The molecule has 0 radical (unpaired) electrons. The number of halogens is 2. The summed E-state index contributed by atoms with van der Waals surface area (Å²) in [6.07, 6.45) is 4.61. The average Bonchev–Trinajstić information content (AvgIpc) is 3.66. The van der Waals surface area contributed by atoms with E-state index in [4.69, 9.17) is 27.9 Å². The van der Waals surface area contributed by atoms with Gasteiger partial charge in [0, 0.05) is 10.6 Å². The maximum Gasteiger partial charge on any atom is 0.343 e. The zero-order valence-corrected chi connectivity index (χ0v) is 23.8. The second-order valence-corrected chi connectivity index (χ2v) is 11.5. The first-order valence-corrected chi connectivity index (χ1v) is 14.1. The highest BCUT2D eigenvalue weighted by molar-refractivity contribution is 6.36. The number of allylic oxidation sites excluding steroid dienone is 2. The van der Waals surface area contributed by atoms with Crippen LogP contribution in [0.15, 0.2) is 78.9 Å². The summed E-state index contributed by atoms with van der Waals surface area (Å²) in [5.41, 5.74) is 1.56. The van der Waals surface area contributed by atoms with E-state index in [0.29, 0.717) is 10.6 Å². The van der Waals surface area contributed by atoms with Crippen molar-refractivity contribution < 1.29 is 28.7 Å². The predicted octanol–water partition coefficient (Wildman–Crippen LogP) is 5.57. The van der Waals surface area contributed by atoms with Gasteiger partial charge in [0.1, 0.15) is 12.3 Å². The van der Waals surface area contributed by atoms with Gasteiger partial charge in [-0.15, -0.1) is 0 Å². The number of aryl methyl sites for hydroxylation is 1. The molecule has 10 heteroatoms. The van der Waals surface area contributed by atoms with Crippen molar-refractivity contribution in [3.05, 3.63) is 111 Å². The monoisotopic (exact) mass is 602 g/mol. The summed E-state index contributed by atoms with van der Waals surface area (Å²) in [6.45, 7) is 1.31. The zero-order chi connectivity index (χ0) is 29.7. The molecule has 42 heavy (non-hydrogen) atoms. The Hall–Kier alpha value is -4.27. The summed E-state index contributed by atoms with van der Waals surface area (Å²) in [5.74, 6) is -3.96. The molecule has 0 unspecified atom stereocenters. The number of Topliss-reactive ketones (excluding diaryl/α,β-unsaturated/α-hetero) is 1. The number of hydrazine groups is 1. The Kier molecular flexibility index (Phi) is 7.20. The number of nitrogens with zero attached hydrogens (tertiary/aromatic N) is 2. The molecule has 1 aliphatic heterocycles. The Morgan fingerprint density at radius 3 is 2.05 bits per heavy atom. The Labute approximate surface area is 251 Å². The van der Waals surface area contributed by atoms with Crippen LogP contribution in [0.1, 0.15) is 43.1 Å². The molecule has 2 aliphatic carbocycles. The summed E-state index contributed by atoms with van der Waals surface area (Å²) in [6, 6.07) is 17.0. The van der Waals surface area contributed by atoms with Gasteiger partial charge >= 0.3 is 5.97 Å². The van der Waals surface area contributed by atoms with E-state index in [1.165, 1.54) is 42.5 Å². The van der Waals surface area contributed by atoms with E-state index in [2.05, 4.69) is 0 Å². The van der Waals surface area contributed by atoms with Crippen LogP contribution in [-0.4, -0.2) is 46.0 Å². The SMILES string of the molecule is Cc1ccc(C(=O)Oc2ccc(C(=O)CN(C(=O)c3ccc(Cl)cc3Cl)N3C(=O)[C@H]4[C@H](C3=O)[C@H]3C=C[C@H]4C3)cc2)cc1. The van der Waals surface area contributed by atoms with Crippen LogP contribution in [-0.2, 0) is 9.59 Å². The highest BCUT2D eigenvalue weighted by atomic mass is 35.5. The molecule has 212 valence electrons. The van der Waals surface area contributed by atoms with Crippen molar-refractivity contribution in [1.29, 1.82) is 0 Å². The number of imide groups is 1. The van der Waals surface area contributed by atoms with Crippen LogP contribution in [0.25, 0.3) is 0 Å². The van der Waals surface area contributed by atoms with E-state index in [1.807, 2.05) is 19.1 Å². The Morgan fingerprint density at radius 1 is 0.857 bits per heavy atom. The molecular formula is C32H24Cl2N2O6. The standard InChI is InChI=1S/C32H24Cl2N2O6/c1-17-2-4-19(5-3-17)32(41)42-23-11-8-18(9-12-23)26(37)16-35(29(38)24-13-10-22(33)15-25(24)34)36-30(39)27-20-6-7-21(14-20)28(27)31(36)40/h2-13,15,20-21,27-28H,14,16H2,1H3/t20-,21-,27+,28+/m0/s1. The van der Waals surface area contributed by atoms with E-state index in [9.17, 15) is 24.0 Å². The molecule has 8 nitrogen and oxygen atoms in total. The normalized spacial score (nSPS) is 21.9. The average molecular weight is 603 g/mol. The quantitative estimate of drug-likeness (QED) is 0.115. The molecule has 3 amide bonds. The van der Waals surface area contributed by atoms with Gasteiger partial charge < -0.3 is 4.74 Å². The maximum absolute atomic E-state index is 13.8. The Bertz CT molecular complexity index is 1640. The third-order valence-corrected chi connectivity index (χ3v) is 8.60. The summed E-state index contributed by atoms with van der Waals surface area (Å²) >= 11 is 12.3. The number of hydrogen-bond donors (Lipinski definition) is 0. The Balaban J connectivity index is 1.25. The highest BCUT2D eigenvalue weighted by Crippen LogP contribution is 2.52. The lowest BCUT2D eigenvalue weighted by atomic mass is 9.85. The van der Waals surface area contributed by atoms with Crippen LogP contribution in [0.3, 0.4) is 0 Å². The largest absolute Gasteiger partial charge is 0.423 e. The van der Waals surface area contributed by atoms with E-state index >= 15 is 0 Å². The first-order valence-electron chi connectivity index (χ1n) is 13.4. The molecule has 1 heterocycles. The van der Waals surface area contributed by atoms with Crippen LogP contribution < -0.4 is 4.74 Å². The third kappa shape index (κ3) is 4.91. The summed E-state index contributed by atoms with van der Waals surface area (Å²) in [5, 5.41) is 2.02. The van der Waals surface area contributed by atoms with Gasteiger partial charge in [0.15, 0.2) is 5.78 Å². The van der Waals surface area contributed by atoms with Crippen molar-refractivity contribution in [2.45, 2.75) is 13.3 Å². The fraction of sp³-hybridized carbons (Fsp3) is 0.219. The van der Waals surface area contributed by atoms with Gasteiger partial charge in [-0.3, -0.25) is 19.2 Å². The molecule has 0 N–H and O–H groups in total. The van der Waals surface area contributed by atoms with Crippen molar-refractivity contribution in [1.82, 2.24) is 10.0 Å². The van der Waals surface area contributed by atoms with E-state index in [1.54, 1.807) is 24.3 Å². The van der Waals surface area contributed by atoms with Crippen molar-refractivity contribution in [2.75, 3.05) is 6.54 Å². The lowest BCUT2D eigenvalue weighted by Gasteiger charge is -2.31. The Morgan fingerprint density at radius 2 is 1.45 bits per heavy atom. The van der Waals surface area contributed by atoms with Crippen LogP contribution in [0.5, 0.6) is 5.75 Å². The van der Waals surface area contributed by atoms with Crippen LogP contribution >= 0.6 is 23.2 Å². The smallest absolute Gasteiger partial charge is 0.343 e. The molecular weight excluding hydrogens is 579 g/mol. The molecule has 3 aliphatic rings. The molecule has 6 rings (SSSR count). The maximum atomic E-state index is 13.8. The van der Waals surface area contributed by atoms with Crippen molar-refractivity contribution in [2.24, 2.45) is 23.7 Å². The van der Waals surface area contributed by atoms with Crippen molar-refractivity contribution >= 4 is 52.7 Å². The summed E-state index contributed by atoms with van der Waals surface area (Å²) in [4.78, 5) is 66.8. The first-order chi connectivity index (χ1) is 20.1. The first kappa shape index (κ1) is 27.9. The second kappa shape index (κ2) is 10.9. The minimum absolute atomic E-state index is 0.00834. The van der Waals surface area contributed by atoms with E-state index in [0.717, 1.165) is 22.0 Å². The van der Waals surface area contributed by atoms with Gasteiger partial charge in [0.2, 0.25) is 0 Å². The molecule has 0 spiro atoms. The van der Waals surface area contributed by atoms with E-state index in [-0.39, 0.29) is 33.7 Å². The molecule has 1 saturated carbocycles. The van der Waals surface area contributed by atoms with Crippen molar-refractivity contribution in [3.8, 4) is 5.75 Å². The van der Waals surface area contributed by atoms with Gasteiger partial charge in [-0.05, 0) is 79.8 Å². The summed E-state index contributed by atoms with van der Waals surface area (Å²) in [7, 11) is 0. The van der Waals surface area contributed by atoms with Crippen LogP contribution in [0.2, 0.25) is 10.0 Å². The third-order valence-electron chi connectivity index (χ3n) is 8.05. The molecule has 3 aromatic carbocycles. The minimum Gasteiger partial charge on any atom is -0.423 e. The molecule has 0 aromatic heterocycles. The number of carbonyl (C=O) groups is 5. The number of benzene rings is 3. The topological polar surface area (TPSA) is 101 Å². The molecule has 2 bridgehead atoms. The number of esters is 1. The number of fused-ring (bicyclic) bond motifs is 5. The minimum atomic E-state index is -0.782. The molecule has 1 saturated heterocycles. The lowest BCUT2D eigenvalue weighted by molar-refractivity contribution is -0.154. The van der Waals surface area contributed by atoms with E-state index < -0.39 is 47.9 Å². The molecule has 4 atom stereocenters. The number of amides is 3. The fourth-order valence-corrected chi connectivity index (χ4v) is 6.44. The van der Waals surface area contributed by atoms with Gasteiger partial charge in [0.05, 0.1) is 28.0 Å². The second-order valence-electron chi connectivity index (χ2n) is 10.7. The predicted molar refractivity (Wildman–Crippen MR) is 154 cm³/mol. The van der Waals surface area contributed by atoms with Gasteiger partial charge in [-0.1, -0.05) is 53.1 Å².